The molecule has 0 aliphatic rings. The number of carbonyl (C=O) groups is 2. The Morgan fingerprint density at radius 2 is 1.91 bits per heavy atom. The molecular weight excluding hydrogens is 306 g/mol. The van der Waals surface area contributed by atoms with E-state index < -0.39 is 5.97 Å². The summed E-state index contributed by atoms with van der Waals surface area (Å²) >= 11 is 6.12. The van der Waals surface area contributed by atoms with Gasteiger partial charge in [0.15, 0.2) is 5.69 Å². The SMILES string of the molecule is Cc1c(Cl)c(C(=O)N(C)Cc2ccc(C(=O)O)cc2)nn1C. The molecule has 1 heterocycles. The number of halogens is 1. The second kappa shape index (κ2) is 6.19. The molecule has 1 N–H and O–H groups in total. The number of hydrogen-bond acceptors (Lipinski definition) is 3. The summed E-state index contributed by atoms with van der Waals surface area (Å²) in [7, 11) is 3.37. The number of aromatic carboxylic acids is 1. The fourth-order valence-corrected chi connectivity index (χ4v) is 2.24. The summed E-state index contributed by atoms with van der Waals surface area (Å²) in [5, 5.41) is 13.3. The predicted molar refractivity (Wildman–Crippen MR) is 82.2 cm³/mol. The van der Waals surface area contributed by atoms with E-state index in [2.05, 4.69) is 5.10 Å². The number of hydrogen-bond donors (Lipinski definition) is 1. The van der Waals surface area contributed by atoms with Crippen molar-refractivity contribution in [2.75, 3.05) is 7.05 Å². The zero-order valence-corrected chi connectivity index (χ0v) is 13.3. The van der Waals surface area contributed by atoms with Crippen molar-refractivity contribution < 1.29 is 14.7 Å². The number of aromatic nitrogens is 2. The molecule has 0 radical (unpaired) electrons. The number of rotatable bonds is 4. The van der Waals surface area contributed by atoms with E-state index in [4.69, 9.17) is 16.7 Å². The van der Waals surface area contributed by atoms with E-state index in [1.54, 1.807) is 37.8 Å². The lowest BCUT2D eigenvalue weighted by molar-refractivity contribution is 0.0695. The first-order valence-electron chi connectivity index (χ1n) is 6.58. The van der Waals surface area contributed by atoms with Gasteiger partial charge in [0, 0.05) is 20.6 Å². The summed E-state index contributed by atoms with van der Waals surface area (Å²) in [6, 6.07) is 6.37. The fraction of sp³-hybridized carbons (Fsp3) is 0.267. The zero-order chi connectivity index (χ0) is 16.4. The fourth-order valence-electron chi connectivity index (χ4n) is 2.00. The molecule has 1 aromatic carbocycles. The predicted octanol–water partition coefficient (Wildman–Crippen LogP) is 2.35. The third-order valence-electron chi connectivity index (χ3n) is 3.43. The van der Waals surface area contributed by atoms with Gasteiger partial charge in [-0.15, -0.1) is 0 Å². The highest BCUT2D eigenvalue weighted by atomic mass is 35.5. The second-order valence-corrected chi connectivity index (χ2v) is 5.41. The first kappa shape index (κ1) is 16.0. The molecule has 0 spiro atoms. The van der Waals surface area contributed by atoms with Crippen molar-refractivity contribution in [2.24, 2.45) is 7.05 Å². The number of carboxylic acids is 1. The molecule has 7 heteroatoms. The van der Waals surface area contributed by atoms with Crippen molar-refractivity contribution in [2.45, 2.75) is 13.5 Å². The lowest BCUT2D eigenvalue weighted by Crippen LogP contribution is -2.27. The molecule has 0 aliphatic heterocycles. The van der Waals surface area contributed by atoms with E-state index in [1.807, 2.05) is 0 Å². The van der Waals surface area contributed by atoms with Crippen LogP contribution in [0.5, 0.6) is 0 Å². The molecule has 1 aromatic heterocycles. The van der Waals surface area contributed by atoms with Gasteiger partial charge in [-0.05, 0) is 24.6 Å². The summed E-state index contributed by atoms with van der Waals surface area (Å²) < 4.78 is 1.56. The van der Waals surface area contributed by atoms with Crippen LogP contribution in [0.1, 0.15) is 32.1 Å². The Morgan fingerprint density at radius 3 is 2.36 bits per heavy atom. The third kappa shape index (κ3) is 3.12. The summed E-state index contributed by atoms with van der Waals surface area (Å²) in [6.07, 6.45) is 0. The molecule has 2 rings (SSSR count). The molecule has 0 unspecified atom stereocenters. The van der Waals surface area contributed by atoms with E-state index in [-0.39, 0.29) is 17.2 Å². The minimum Gasteiger partial charge on any atom is -0.478 e. The monoisotopic (exact) mass is 321 g/mol. The van der Waals surface area contributed by atoms with E-state index in [9.17, 15) is 9.59 Å². The van der Waals surface area contributed by atoms with Gasteiger partial charge in [0.25, 0.3) is 5.91 Å². The number of amides is 1. The van der Waals surface area contributed by atoms with Crippen LogP contribution in [0.4, 0.5) is 0 Å². The summed E-state index contributed by atoms with van der Waals surface area (Å²) in [6.45, 7) is 2.13. The molecule has 0 bridgehead atoms. The Bertz CT molecular complexity index is 722. The Labute approximate surface area is 132 Å². The van der Waals surface area contributed by atoms with Crippen LogP contribution in [-0.4, -0.2) is 38.7 Å². The van der Waals surface area contributed by atoms with Crippen molar-refractivity contribution in [3.05, 3.63) is 51.8 Å². The van der Waals surface area contributed by atoms with Gasteiger partial charge >= 0.3 is 5.97 Å². The summed E-state index contributed by atoms with van der Waals surface area (Å²) in [5.41, 5.74) is 1.97. The van der Waals surface area contributed by atoms with Crippen molar-refractivity contribution in [3.8, 4) is 0 Å². The smallest absolute Gasteiger partial charge is 0.335 e. The highest BCUT2D eigenvalue weighted by Gasteiger charge is 2.21. The zero-order valence-electron chi connectivity index (χ0n) is 12.5. The third-order valence-corrected chi connectivity index (χ3v) is 3.88. The number of carboxylic acid groups (broad SMARTS) is 1. The molecule has 0 atom stereocenters. The highest BCUT2D eigenvalue weighted by molar-refractivity contribution is 6.34. The number of aryl methyl sites for hydroxylation is 1. The van der Waals surface area contributed by atoms with Crippen LogP contribution < -0.4 is 0 Å². The summed E-state index contributed by atoms with van der Waals surface area (Å²) in [5.74, 6) is -1.26. The van der Waals surface area contributed by atoms with Crippen LogP contribution in [0.2, 0.25) is 5.02 Å². The Balaban J connectivity index is 2.14. The van der Waals surface area contributed by atoms with E-state index in [1.165, 1.54) is 17.0 Å². The van der Waals surface area contributed by atoms with Crippen LogP contribution in [0, 0.1) is 6.92 Å². The molecule has 22 heavy (non-hydrogen) atoms. The Kier molecular flexibility index (Phi) is 4.51. The van der Waals surface area contributed by atoms with Gasteiger partial charge in [0.2, 0.25) is 0 Å². The topological polar surface area (TPSA) is 75.4 Å². The molecule has 2 aromatic rings. The van der Waals surface area contributed by atoms with Gasteiger partial charge in [-0.3, -0.25) is 9.48 Å². The van der Waals surface area contributed by atoms with Crippen molar-refractivity contribution in [1.29, 1.82) is 0 Å². The van der Waals surface area contributed by atoms with Gasteiger partial charge in [0.05, 0.1) is 16.3 Å². The summed E-state index contributed by atoms with van der Waals surface area (Å²) in [4.78, 5) is 24.7. The maximum absolute atomic E-state index is 12.4. The molecule has 0 aliphatic carbocycles. The average Bonchev–Trinajstić information content (AvgIpc) is 2.74. The van der Waals surface area contributed by atoms with Crippen molar-refractivity contribution in [1.82, 2.24) is 14.7 Å². The maximum Gasteiger partial charge on any atom is 0.335 e. The minimum absolute atomic E-state index is 0.209. The molecule has 0 saturated heterocycles. The first-order chi connectivity index (χ1) is 10.3. The van der Waals surface area contributed by atoms with Gasteiger partial charge < -0.3 is 10.0 Å². The van der Waals surface area contributed by atoms with E-state index in [0.717, 1.165) is 11.3 Å². The normalized spacial score (nSPS) is 10.5. The van der Waals surface area contributed by atoms with Gasteiger partial charge in [-0.1, -0.05) is 23.7 Å². The van der Waals surface area contributed by atoms with Gasteiger partial charge in [-0.25, -0.2) is 4.79 Å². The molecule has 0 fully saturated rings. The number of nitrogens with zero attached hydrogens (tertiary/aromatic N) is 3. The second-order valence-electron chi connectivity index (χ2n) is 5.03. The quantitative estimate of drug-likeness (QED) is 0.938. The lowest BCUT2D eigenvalue weighted by Gasteiger charge is -2.16. The molecule has 1 amide bonds. The molecule has 6 nitrogen and oxygen atoms in total. The van der Waals surface area contributed by atoms with E-state index in [0.29, 0.717) is 11.6 Å². The van der Waals surface area contributed by atoms with Crippen LogP contribution in [0.3, 0.4) is 0 Å². The van der Waals surface area contributed by atoms with Gasteiger partial charge in [-0.2, -0.15) is 5.10 Å². The first-order valence-corrected chi connectivity index (χ1v) is 6.96. The van der Waals surface area contributed by atoms with Crippen LogP contribution in [0.25, 0.3) is 0 Å². The van der Waals surface area contributed by atoms with Crippen LogP contribution >= 0.6 is 11.6 Å². The van der Waals surface area contributed by atoms with Crippen LogP contribution in [0.15, 0.2) is 24.3 Å². The Hall–Kier alpha value is -2.34. The molecule has 0 saturated carbocycles. The highest BCUT2D eigenvalue weighted by Crippen LogP contribution is 2.21. The van der Waals surface area contributed by atoms with E-state index >= 15 is 0 Å². The average molecular weight is 322 g/mol. The van der Waals surface area contributed by atoms with Crippen LogP contribution in [-0.2, 0) is 13.6 Å². The standard InChI is InChI=1S/C15H16ClN3O3/c1-9-12(16)13(17-19(9)3)14(20)18(2)8-10-4-6-11(7-5-10)15(21)22/h4-7H,8H2,1-3H3,(H,21,22). The number of benzene rings is 1. The minimum atomic E-state index is -0.980. The maximum atomic E-state index is 12.4. The molecule has 116 valence electrons. The molecular formula is C15H16ClN3O3. The lowest BCUT2D eigenvalue weighted by atomic mass is 10.1. The van der Waals surface area contributed by atoms with Crippen molar-refractivity contribution >= 4 is 23.5 Å². The van der Waals surface area contributed by atoms with Crippen molar-refractivity contribution in [3.63, 3.8) is 0 Å². The van der Waals surface area contributed by atoms with Gasteiger partial charge in [0.1, 0.15) is 0 Å². The Morgan fingerprint density at radius 1 is 1.32 bits per heavy atom. The number of carbonyl (C=O) groups excluding carboxylic acids is 1. The largest absolute Gasteiger partial charge is 0.478 e.